The molecular weight excluding hydrogens is 302 g/mol. The van der Waals surface area contributed by atoms with Crippen LogP contribution < -0.4 is 4.74 Å². The van der Waals surface area contributed by atoms with Crippen molar-refractivity contribution in [3.8, 4) is 5.75 Å². The Kier molecular flexibility index (Phi) is 6.98. The quantitative estimate of drug-likeness (QED) is 0.508. The lowest BCUT2D eigenvalue weighted by Crippen LogP contribution is -2.18. The van der Waals surface area contributed by atoms with Crippen molar-refractivity contribution in [1.82, 2.24) is 4.90 Å². The number of rotatable bonds is 9. The maximum Gasteiger partial charge on any atom is 0.387 e. The van der Waals surface area contributed by atoms with Crippen LogP contribution in [0.5, 0.6) is 5.75 Å². The number of methoxy groups -OCH3 is 1. The average molecular weight is 323 g/mol. The molecule has 0 aliphatic carbocycles. The second-order valence-electron chi connectivity index (χ2n) is 4.92. The van der Waals surface area contributed by atoms with E-state index in [0.717, 1.165) is 25.9 Å². The summed E-state index contributed by atoms with van der Waals surface area (Å²) in [5.74, 6) is -0.127. The van der Waals surface area contributed by atoms with Gasteiger partial charge in [-0.2, -0.15) is 0 Å². The van der Waals surface area contributed by atoms with Crippen molar-refractivity contribution in [2.75, 3.05) is 20.2 Å². The highest BCUT2D eigenvalue weighted by molar-refractivity contribution is 5.73. The molecular formula is C15H21N3O5. The van der Waals surface area contributed by atoms with Crippen LogP contribution in [0, 0.1) is 20.2 Å². The molecule has 0 bridgehead atoms. The van der Waals surface area contributed by atoms with Crippen LogP contribution in [0.25, 0.3) is 6.08 Å². The third-order valence-corrected chi connectivity index (χ3v) is 3.22. The molecule has 0 radical (unpaired) electrons. The molecule has 1 aromatic rings. The summed E-state index contributed by atoms with van der Waals surface area (Å²) in [7, 11) is 1.24. The van der Waals surface area contributed by atoms with Crippen LogP contribution in [0.2, 0.25) is 0 Å². The topological polar surface area (TPSA) is 98.8 Å². The number of nitrogens with zero attached hydrogens (tertiary/aromatic N) is 3. The van der Waals surface area contributed by atoms with Crippen LogP contribution in [0.4, 0.5) is 11.4 Å². The summed E-state index contributed by atoms with van der Waals surface area (Å²) < 4.78 is 4.87. The van der Waals surface area contributed by atoms with E-state index in [2.05, 4.69) is 0 Å². The van der Waals surface area contributed by atoms with E-state index in [9.17, 15) is 20.2 Å². The van der Waals surface area contributed by atoms with Crippen LogP contribution in [0.3, 0.4) is 0 Å². The molecule has 126 valence electrons. The first-order valence-electron chi connectivity index (χ1n) is 7.38. The standard InChI is InChI=1S/C15H21N3O5/c1-4-9-16(10-5-2)11-8-12-6-7-13(23-3)15(18(21)22)14(12)17(19)20/h6-8,11H,4-5,9-10H2,1-3H3/b11-8+. The first kappa shape index (κ1) is 18.4. The molecule has 0 spiro atoms. The minimum Gasteiger partial charge on any atom is -0.490 e. The Morgan fingerprint density at radius 2 is 1.65 bits per heavy atom. The zero-order valence-electron chi connectivity index (χ0n) is 13.5. The highest BCUT2D eigenvalue weighted by Gasteiger charge is 2.32. The van der Waals surface area contributed by atoms with Crippen LogP contribution in [0.15, 0.2) is 18.3 Å². The molecule has 0 aliphatic rings. The fourth-order valence-electron chi connectivity index (χ4n) is 2.27. The SMILES string of the molecule is CCCN(/C=C/c1ccc(OC)c([N+](=O)[O-])c1[N+](=O)[O-])CCC. The van der Waals surface area contributed by atoms with Gasteiger partial charge in [0.15, 0.2) is 0 Å². The molecule has 0 saturated heterocycles. The van der Waals surface area contributed by atoms with Crippen LogP contribution in [0.1, 0.15) is 32.3 Å². The normalized spacial score (nSPS) is 10.7. The zero-order chi connectivity index (χ0) is 17.4. The molecule has 1 rings (SSSR count). The van der Waals surface area contributed by atoms with E-state index in [-0.39, 0.29) is 11.3 Å². The Hall–Kier alpha value is -2.64. The predicted octanol–water partition coefficient (Wildman–Crippen LogP) is 3.60. The first-order valence-corrected chi connectivity index (χ1v) is 7.38. The van der Waals surface area contributed by atoms with Gasteiger partial charge in [0, 0.05) is 13.1 Å². The van der Waals surface area contributed by atoms with Gasteiger partial charge < -0.3 is 9.64 Å². The number of hydrogen-bond donors (Lipinski definition) is 0. The van der Waals surface area contributed by atoms with Gasteiger partial charge in [-0.05, 0) is 37.3 Å². The monoisotopic (exact) mass is 323 g/mol. The largest absolute Gasteiger partial charge is 0.490 e. The number of ether oxygens (including phenoxy) is 1. The molecule has 0 amide bonds. The molecule has 0 aliphatic heterocycles. The van der Waals surface area contributed by atoms with E-state index in [1.54, 1.807) is 6.20 Å². The minimum atomic E-state index is -0.788. The molecule has 23 heavy (non-hydrogen) atoms. The second-order valence-corrected chi connectivity index (χ2v) is 4.92. The molecule has 0 N–H and O–H groups in total. The van der Waals surface area contributed by atoms with Crippen molar-refractivity contribution >= 4 is 17.5 Å². The highest BCUT2D eigenvalue weighted by atomic mass is 16.6. The summed E-state index contributed by atoms with van der Waals surface area (Å²) >= 11 is 0. The predicted molar refractivity (Wildman–Crippen MR) is 87.5 cm³/mol. The summed E-state index contributed by atoms with van der Waals surface area (Å²) in [6.07, 6.45) is 5.16. The average Bonchev–Trinajstić information content (AvgIpc) is 2.51. The van der Waals surface area contributed by atoms with Gasteiger partial charge in [-0.3, -0.25) is 20.2 Å². The summed E-state index contributed by atoms with van der Waals surface area (Å²) in [5.41, 5.74) is -1.00. The summed E-state index contributed by atoms with van der Waals surface area (Å²) in [6.45, 7) is 5.71. The lowest BCUT2D eigenvalue weighted by atomic mass is 10.1. The lowest BCUT2D eigenvalue weighted by Gasteiger charge is -2.18. The fourth-order valence-corrected chi connectivity index (χ4v) is 2.27. The number of nitro benzene ring substituents is 2. The number of hydrogen-bond acceptors (Lipinski definition) is 6. The Morgan fingerprint density at radius 3 is 2.09 bits per heavy atom. The second kappa shape index (κ2) is 8.72. The van der Waals surface area contributed by atoms with Crippen molar-refractivity contribution in [3.63, 3.8) is 0 Å². The minimum absolute atomic E-state index is 0.127. The zero-order valence-corrected chi connectivity index (χ0v) is 13.5. The van der Waals surface area contributed by atoms with E-state index in [4.69, 9.17) is 4.74 Å². The molecule has 0 aromatic heterocycles. The van der Waals surface area contributed by atoms with E-state index in [1.807, 2.05) is 18.7 Å². The summed E-state index contributed by atoms with van der Waals surface area (Å²) in [4.78, 5) is 23.0. The van der Waals surface area contributed by atoms with Gasteiger partial charge >= 0.3 is 11.4 Å². The van der Waals surface area contributed by atoms with Gasteiger partial charge in [-0.1, -0.05) is 13.8 Å². The number of nitro groups is 2. The van der Waals surface area contributed by atoms with E-state index >= 15 is 0 Å². The maximum atomic E-state index is 11.3. The van der Waals surface area contributed by atoms with Crippen molar-refractivity contribution in [2.24, 2.45) is 0 Å². The molecule has 0 atom stereocenters. The van der Waals surface area contributed by atoms with Crippen LogP contribution in [-0.4, -0.2) is 34.9 Å². The van der Waals surface area contributed by atoms with Gasteiger partial charge in [0.1, 0.15) is 0 Å². The molecule has 1 aromatic carbocycles. The van der Waals surface area contributed by atoms with Crippen molar-refractivity contribution < 1.29 is 14.6 Å². The van der Waals surface area contributed by atoms with Gasteiger partial charge in [0.25, 0.3) is 0 Å². The van der Waals surface area contributed by atoms with E-state index < -0.39 is 21.2 Å². The Balaban J connectivity index is 3.33. The van der Waals surface area contributed by atoms with Crippen LogP contribution in [-0.2, 0) is 0 Å². The fraction of sp³-hybridized carbons (Fsp3) is 0.467. The molecule has 0 fully saturated rings. The third-order valence-electron chi connectivity index (χ3n) is 3.22. The summed E-state index contributed by atoms with van der Waals surface area (Å²) in [5, 5.41) is 22.5. The van der Waals surface area contributed by atoms with E-state index in [1.165, 1.54) is 25.3 Å². The Morgan fingerprint density at radius 1 is 1.09 bits per heavy atom. The summed E-state index contributed by atoms with van der Waals surface area (Å²) in [6, 6.07) is 2.82. The van der Waals surface area contributed by atoms with Gasteiger partial charge in [-0.15, -0.1) is 0 Å². The first-order chi connectivity index (χ1) is 11.0. The molecule has 0 unspecified atom stereocenters. The van der Waals surface area contributed by atoms with Crippen molar-refractivity contribution in [3.05, 3.63) is 44.1 Å². The Bertz CT molecular complexity index is 595. The maximum absolute atomic E-state index is 11.3. The lowest BCUT2D eigenvalue weighted by molar-refractivity contribution is -0.423. The molecule has 8 heteroatoms. The van der Waals surface area contributed by atoms with Gasteiger partial charge in [0.2, 0.25) is 5.75 Å². The molecule has 0 heterocycles. The van der Waals surface area contributed by atoms with Gasteiger partial charge in [-0.25, -0.2) is 0 Å². The number of benzene rings is 1. The van der Waals surface area contributed by atoms with E-state index in [0.29, 0.717) is 0 Å². The highest BCUT2D eigenvalue weighted by Crippen LogP contribution is 2.39. The van der Waals surface area contributed by atoms with Crippen molar-refractivity contribution in [1.29, 1.82) is 0 Å². The van der Waals surface area contributed by atoms with Crippen molar-refractivity contribution in [2.45, 2.75) is 26.7 Å². The molecule has 0 saturated carbocycles. The molecule has 8 nitrogen and oxygen atoms in total. The Labute approximate surface area is 134 Å². The third kappa shape index (κ3) is 4.67. The van der Waals surface area contributed by atoms with Crippen LogP contribution >= 0.6 is 0 Å². The smallest absolute Gasteiger partial charge is 0.387 e. The van der Waals surface area contributed by atoms with Gasteiger partial charge in [0.05, 0.1) is 22.5 Å².